The molecule has 0 atom stereocenters. The summed E-state index contributed by atoms with van der Waals surface area (Å²) in [5, 5.41) is 0. The molecule has 4 nitrogen and oxygen atoms in total. The van der Waals surface area contributed by atoms with Crippen LogP contribution in [-0.2, 0) is 25.7 Å². The SMILES string of the molecule is CCCCCOC(=O)CCCC(=O)OCc1ccc(I)cc1. The van der Waals surface area contributed by atoms with Crippen molar-refractivity contribution in [1.29, 1.82) is 0 Å². The van der Waals surface area contributed by atoms with Crippen molar-refractivity contribution in [3.05, 3.63) is 33.4 Å². The number of halogens is 1. The largest absolute Gasteiger partial charge is 0.466 e. The number of benzene rings is 1. The Labute approximate surface area is 145 Å². The first-order valence-electron chi connectivity index (χ1n) is 7.67. The van der Waals surface area contributed by atoms with Crippen LogP contribution in [0.2, 0.25) is 0 Å². The molecule has 0 aliphatic carbocycles. The average Bonchev–Trinajstić information content (AvgIpc) is 2.51. The number of hydrogen-bond donors (Lipinski definition) is 0. The minimum Gasteiger partial charge on any atom is -0.466 e. The Morgan fingerprint density at radius 3 is 2.23 bits per heavy atom. The molecule has 122 valence electrons. The van der Waals surface area contributed by atoms with Crippen molar-refractivity contribution in [2.75, 3.05) is 6.61 Å². The van der Waals surface area contributed by atoms with Crippen molar-refractivity contribution in [2.45, 2.75) is 52.1 Å². The van der Waals surface area contributed by atoms with Gasteiger partial charge in [-0.25, -0.2) is 0 Å². The summed E-state index contributed by atoms with van der Waals surface area (Å²) in [7, 11) is 0. The maximum absolute atomic E-state index is 11.6. The number of esters is 2. The first kappa shape index (κ1) is 18.9. The van der Waals surface area contributed by atoms with Gasteiger partial charge in [0, 0.05) is 16.4 Å². The second kappa shape index (κ2) is 11.5. The fourth-order valence-corrected chi connectivity index (χ4v) is 2.16. The number of carbonyl (C=O) groups excluding carboxylic acids is 2. The first-order valence-corrected chi connectivity index (χ1v) is 8.75. The van der Waals surface area contributed by atoms with Crippen molar-refractivity contribution < 1.29 is 19.1 Å². The number of rotatable bonds is 10. The fourth-order valence-electron chi connectivity index (χ4n) is 1.80. The maximum Gasteiger partial charge on any atom is 0.306 e. The molecular formula is C17H23IO4. The lowest BCUT2D eigenvalue weighted by Gasteiger charge is -2.06. The van der Waals surface area contributed by atoms with E-state index in [9.17, 15) is 9.59 Å². The van der Waals surface area contributed by atoms with Crippen LogP contribution in [0.5, 0.6) is 0 Å². The number of ether oxygens (including phenoxy) is 2. The van der Waals surface area contributed by atoms with Gasteiger partial charge in [-0.3, -0.25) is 9.59 Å². The average molecular weight is 418 g/mol. The minimum atomic E-state index is -0.280. The summed E-state index contributed by atoms with van der Waals surface area (Å²) in [6.07, 6.45) is 4.06. The normalized spacial score (nSPS) is 10.3. The van der Waals surface area contributed by atoms with Crippen molar-refractivity contribution in [3.63, 3.8) is 0 Å². The molecule has 0 saturated carbocycles. The van der Waals surface area contributed by atoms with Gasteiger partial charge >= 0.3 is 11.9 Å². The van der Waals surface area contributed by atoms with Crippen molar-refractivity contribution >= 4 is 34.5 Å². The summed E-state index contributed by atoms with van der Waals surface area (Å²) < 4.78 is 11.4. The molecule has 0 bridgehead atoms. The van der Waals surface area contributed by atoms with Crippen molar-refractivity contribution in [3.8, 4) is 0 Å². The molecule has 22 heavy (non-hydrogen) atoms. The van der Waals surface area contributed by atoms with Crippen molar-refractivity contribution in [2.24, 2.45) is 0 Å². The molecule has 0 amide bonds. The van der Waals surface area contributed by atoms with E-state index in [4.69, 9.17) is 9.47 Å². The molecule has 5 heteroatoms. The van der Waals surface area contributed by atoms with Gasteiger partial charge in [0.2, 0.25) is 0 Å². The fraction of sp³-hybridized carbons (Fsp3) is 0.529. The van der Waals surface area contributed by atoms with E-state index in [1.807, 2.05) is 24.3 Å². The zero-order valence-corrected chi connectivity index (χ0v) is 15.1. The van der Waals surface area contributed by atoms with E-state index in [0.717, 1.165) is 28.4 Å². The van der Waals surface area contributed by atoms with E-state index in [1.165, 1.54) is 0 Å². The highest BCUT2D eigenvalue weighted by molar-refractivity contribution is 14.1. The van der Waals surface area contributed by atoms with Gasteiger partial charge in [-0.1, -0.05) is 31.9 Å². The highest BCUT2D eigenvalue weighted by Gasteiger charge is 2.07. The Morgan fingerprint density at radius 1 is 0.955 bits per heavy atom. The second-order valence-electron chi connectivity index (χ2n) is 5.07. The summed E-state index contributed by atoms with van der Waals surface area (Å²) in [5.74, 6) is -0.515. The van der Waals surface area contributed by atoms with Crippen LogP contribution in [0.1, 0.15) is 51.0 Å². The van der Waals surface area contributed by atoms with E-state index in [-0.39, 0.29) is 31.4 Å². The summed E-state index contributed by atoms with van der Waals surface area (Å²) in [6, 6.07) is 7.81. The predicted molar refractivity (Wildman–Crippen MR) is 93.3 cm³/mol. The third-order valence-corrected chi connectivity index (χ3v) is 3.80. The van der Waals surface area contributed by atoms with Gasteiger partial charge in [0.25, 0.3) is 0 Å². The monoisotopic (exact) mass is 418 g/mol. The van der Waals surface area contributed by atoms with E-state index in [1.54, 1.807) is 0 Å². The van der Waals surface area contributed by atoms with Crippen LogP contribution in [0, 0.1) is 3.57 Å². The van der Waals surface area contributed by atoms with E-state index in [0.29, 0.717) is 13.0 Å². The van der Waals surface area contributed by atoms with Crippen LogP contribution in [0.15, 0.2) is 24.3 Å². The summed E-state index contributed by atoms with van der Waals surface area (Å²) >= 11 is 2.22. The van der Waals surface area contributed by atoms with Gasteiger partial charge in [0.05, 0.1) is 6.61 Å². The van der Waals surface area contributed by atoms with Gasteiger partial charge in [-0.15, -0.1) is 0 Å². The first-order chi connectivity index (χ1) is 10.6. The van der Waals surface area contributed by atoms with Crippen LogP contribution in [0.3, 0.4) is 0 Å². The van der Waals surface area contributed by atoms with Gasteiger partial charge in [-0.2, -0.15) is 0 Å². The third kappa shape index (κ3) is 9.02. The Morgan fingerprint density at radius 2 is 1.59 bits per heavy atom. The molecule has 0 spiro atoms. The van der Waals surface area contributed by atoms with Crippen molar-refractivity contribution in [1.82, 2.24) is 0 Å². The zero-order valence-electron chi connectivity index (χ0n) is 13.0. The van der Waals surface area contributed by atoms with E-state index in [2.05, 4.69) is 29.5 Å². The number of hydrogen-bond acceptors (Lipinski definition) is 4. The molecule has 0 radical (unpaired) electrons. The lowest BCUT2D eigenvalue weighted by atomic mass is 10.2. The molecule has 0 aliphatic heterocycles. The molecule has 0 fully saturated rings. The van der Waals surface area contributed by atoms with Gasteiger partial charge < -0.3 is 9.47 Å². The van der Waals surface area contributed by atoms with Crippen LogP contribution in [0.4, 0.5) is 0 Å². The number of unbranched alkanes of at least 4 members (excludes halogenated alkanes) is 2. The molecule has 0 aliphatic rings. The minimum absolute atomic E-state index is 0.235. The Hall–Kier alpha value is -1.11. The Bertz CT molecular complexity index is 456. The van der Waals surface area contributed by atoms with Crippen LogP contribution in [0.25, 0.3) is 0 Å². The Kier molecular flexibility index (Phi) is 9.86. The predicted octanol–water partition coefficient (Wildman–Crippen LogP) is 4.24. The molecule has 0 saturated heterocycles. The van der Waals surface area contributed by atoms with Gasteiger partial charge in [0.1, 0.15) is 6.61 Å². The van der Waals surface area contributed by atoms with E-state index >= 15 is 0 Å². The van der Waals surface area contributed by atoms with Crippen LogP contribution in [-0.4, -0.2) is 18.5 Å². The molecule has 1 aromatic rings. The number of carbonyl (C=O) groups is 2. The van der Waals surface area contributed by atoms with E-state index < -0.39 is 0 Å². The summed E-state index contributed by atoms with van der Waals surface area (Å²) in [6.45, 7) is 2.85. The highest BCUT2D eigenvalue weighted by Crippen LogP contribution is 2.09. The summed E-state index contributed by atoms with van der Waals surface area (Å²) in [4.78, 5) is 23.0. The quantitative estimate of drug-likeness (QED) is 0.324. The molecule has 0 N–H and O–H groups in total. The Balaban J connectivity index is 2.08. The van der Waals surface area contributed by atoms with Crippen LogP contribution >= 0.6 is 22.6 Å². The summed E-state index contributed by atoms with van der Waals surface area (Å²) in [5.41, 5.74) is 0.962. The second-order valence-corrected chi connectivity index (χ2v) is 6.31. The zero-order chi connectivity index (χ0) is 16.2. The molecule has 0 aromatic heterocycles. The van der Waals surface area contributed by atoms with Crippen LogP contribution < -0.4 is 0 Å². The topological polar surface area (TPSA) is 52.6 Å². The molecule has 0 heterocycles. The third-order valence-electron chi connectivity index (χ3n) is 3.09. The maximum atomic E-state index is 11.6. The lowest BCUT2D eigenvalue weighted by Crippen LogP contribution is -2.08. The molecule has 0 unspecified atom stereocenters. The smallest absolute Gasteiger partial charge is 0.306 e. The standard InChI is InChI=1S/C17H23IO4/c1-2-3-4-12-21-16(19)6-5-7-17(20)22-13-14-8-10-15(18)11-9-14/h8-11H,2-7,12-13H2,1H3. The lowest BCUT2D eigenvalue weighted by molar-refractivity contribution is -0.146. The highest BCUT2D eigenvalue weighted by atomic mass is 127. The van der Waals surface area contributed by atoms with Gasteiger partial charge in [-0.05, 0) is 53.1 Å². The molecule has 1 rings (SSSR count). The molecule has 1 aromatic carbocycles. The van der Waals surface area contributed by atoms with Gasteiger partial charge in [0.15, 0.2) is 0 Å². The molecular weight excluding hydrogens is 395 g/mol.